The van der Waals surface area contributed by atoms with Gasteiger partial charge in [0.15, 0.2) is 6.10 Å². The van der Waals surface area contributed by atoms with E-state index in [4.69, 9.17) is 5.11 Å². The van der Waals surface area contributed by atoms with Gasteiger partial charge in [-0.1, -0.05) is 6.07 Å². The number of rotatable bonds is 2. The number of halogens is 5. The smallest absolute Gasteiger partial charge is 0.381 e. The minimum Gasteiger partial charge on any atom is -0.381 e. The molecule has 0 radical (unpaired) electrons. The molecule has 1 N–H and O–H groups in total. The number of alkyl halides is 5. The van der Waals surface area contributed by atoms with Crippen LogP contribution in [0.2, 0.25) is 0 Å². The lowest BCUT2D eigenvalue weighted by molar-refractivity contribution is -0.314. The number of thiophene rings is 1. The molecule has 0 saturated carbocycles. The number of aliphatic hydroxyl groups excluding tert-OH is 1. The molecule has 0 aromatic carbocycles. The molecule has 0 fully saturated rings. The summed E-state index contributed by atoms with van der Waals surface area (Å²) in [4.78, 5) is -0.410. The Morgan fingerprint density at radius 2 is 1.79 bits per heavy atom. The molecule has 1 rings (SSSR count). The lowest BCUT2D eigenvalue weighted by atomic mass is 10.1. The fourth-order valence-corrected chi connectivity index (χ4v) is 1.53. The van der Waals surface area contributed by atoms with Gasteiger partial charge >= 0.3 is 12.1 Å². The zero-order valence-corrected chi connectivity index (χ0v) is 7.37. The largest absolute Gasteiger partial charge is 0.456 e. The molecule has 80 valence electrons. The maximum Gasteiger partial charge on any atom is 0.456 e. The highest BCUT2D eigenvalue weighted by atomic mass is 32.1. The first-order valence-electron chi connectivity index (χ1n) is 3.43. The van der Waals surface area contributed by atoms with Crippen LogP contribution < -0.4 is 0 Å². The monoisotopic (exact) mass is 232 g/mol. The van der Waals surface area contributed by atoms with Crippen molar-refractivity contribution in [2.45, 2.75) is 18.2 Å². The normalized spacial score (nSPS) is 15.6. The summed E-state index contributed by atoms with van der Waals surface area (Å²) >= 11 is 0.644. The summed E-state index contributed by atoms with van der Waals surface area (Å²) in [5, 5.41) is 10.1. The van der Waals surface area contributed by atoms with Gasteiger partial charge in [0.1, 0.15) is 0 Å². The second-order valence-corrected chi connectivity index (χ2v) is 3.52. The molecular weight excluding hydrogens is 227 g/mol. The molecular formula is C7H5F5OS. The van der Waals surface area contributed by atoms with Gasteiger partial charge in [-0.3, -0.25) is 0 Å². The van der Waals surface area contributed by atoms with Gasteiger partial charge in [0, 0.05) is 4.88 Å². The summed E-state index contributed by atoms with van der Waals surface area (Å²) < 4.78 is 60.3. The van der Waals surface area contributed by atoms with Crippen molar-refractivity contribution in [1.29, 1.82) is 0 Å². The summed E-state index contributed by atoms with van der Waals surface area (Å²) in [5.74, 6) is -5.11. The molecule has 0 aliphatic rings. The highest BCUT2D eigenvalue weighted by Crippen LogP contribution is 2.45. The predicted octanol–water partition coefficient (Wildman–Crippen LogP) is 2.98. The quantitative estimate of drug-likeness (QED) is 0.777. The van der Waals surface area contributed by atoms with E-state index in [1.165, 1.54) is 11.4 Å². The molecule has 1 heterocycles. The fraction of sp³-hybridized carbons (Fsp3) is 0.429. The molecule has 0 bridgehead atoms. The summed E-state index contributed by atoms with van der Waals surface area (Å²) in [5.41, 5.74) is 0. The van der Waals surface area contributed by atoms with Crippen molar-refractivity contribution in [1.82, 2.24) is 0 Å². The van der Waals surface area contributed by atoms with Crippen molar-refractivity contribution < 1.29 is 27.1 Å². The predicted molar refractivity (Wildman–Crippen MR) is 40.3 cm³/mol. The van der Waals surface area contributed by atoms with E-state index in [-0.39, 0.29) is 0 Å². The first-order chi connectivity index (χ1) is 6.27. The van der Waals surface area contributed by atoms with Gasteiger partial charge in [-0.2, -0.15) is 22.0 Å². The van der Waals surface area contributed by atoms with Crippen LogP contribution in [0.1, 0.15) is 11.0 Å². The molecule has 0 aliphatic heterocycles. The molecule has 1 atom stereocenters. The average Bonchev–Trinajstić information content (AvgIpc) is 2.52. The highest BCUT2D eigenvalue weighted by molar-refractivity contribution is 7.10. The van der Waals surface area contributed by atoms with Gasteiger partial charge in [0.25, 0.3) is 0 Å². The van der Waals surface area contributed by atoms with Gasteiger partial charge in [-0.15, -0.1) is 11.3 Å². The van der Waals surface area contributed by atoms with Crippen LogP contribution in [-0.2, 0) is 0 Å². The summed E-state index contributed by atoms with van der Waals surface area (Å²) in [6.07, 6.45) is -8.57. The Balaban J connectivity index is 2.94. The zero-order chi connectivity index (χ0) is 11.0. The van der Waals surface area contributed by atoms with Crippen LogP contribution in [0.3, 0.4) is 0 Å². The third kappa shape index (κ3) is 1.88. The third-order valence-corrected chi connectivity index (χ3v) is 2.46. The topological polar surface area (TPSA) is 20.2 Å². The SMILES string of the molecule is OC(c1cccs1)C(F)(F)C(F)(F)F. The van der Waals surface area contributed by atoms with Crippen molar-refractivity contribution in [3.63, 3.8) is 0 Å². The Bertz CT molecular complexity index is 292. The maximum absolute atomic E-state index is 12.5. The van der Waals surface area contributed by atoms with Crippen LogP contribution in [0.25, 0.3) is 0 Å². The Kier molecular flexibility index (Phi) is 2.82. The molecule has 14 heavy (non-hydrogen) atoms. The lowest BCUT2D eigenvalue weighted by Gasteiger charge is -2.23. The first kappa shape index (κ1) is 11.4. The van der Waals surface area contributed by atoms with E-state index >= 15 is 0 Å². The molecule has 1 unspecified atom stereocenters. The van der Waals surface area contributed by atoms with Crippen molar-refractivity contribution in [3.05, 3.63) is 22.4 Å². The second-order valence-electron chi connectivity index (χ2n) is 2.54. The summed E-state index contributed by atoms with van der Waals surface area (Å²) in [6.45, 7) is 0. The minimum atomic E-state index is -5.74. The van der Waals surface area contributed by atoms with E-state index in [1.807, 2.05) is 0 Å². The Morgan fingerprint density at radius 1 is 1.21 bits per heavy atom. The second kappa shape index (κ2) is 3.47. The minimum absolute atomic E-state index is 0.410. The third-order valence-electron chi connectivity index (χ3n) is 1.53. The van der Waals surface area contributed by atoms with Crippen LogP contribution in [0.5, 0.6) is 0 Å². The van der Waals surface area contributed by atoms with Crippen molar-refractivity contribution in [3.8, 4) is 0 Å². The molecule has 7 heteroatoms. The van der Waals surface area contributed by atoms with Crippen LogP contribution >= 0.6 is 11.3 Å². The molecule has 0 spiro atoms. The standard InChI is InChI=1S/C7H5F5OS/c8-6(9,7(10,11)12)5(13)4-2-1-3-14-4/h1-3,5,13H. The van der Waals surface area contributed by atoms with E-state index in [9.17, 15) is 22.0 Å². The zero-order valence-electron chi connectivity index (χ0n) is 6.55. The van der Waals surface area contributed by atoms with Crippen molar-refractivity contribution >= 4 is 11.3 Å². The highest BCUT2D eigenvalue weighted by Gasteiger charge is 2.62. The molecule has 1 aromatic heterocycles. The molecule has 0 saturated heterocycles. The molecule has 1 aromatic rings. The summed E-state index contributed by atoms with van der Waals surface area (Å²) in [6, 6.07) is 2.31. The Hall–Kier alpha value is -0.690. The van der Waals surface area contributed by atoms with Crippen LogP contribution in [0, 0.1) is 0 Å². The van der Waals surface area contributed by atoms with E-state index in [2.05, 4.69) is 0 Å². The number of hydrogen-bond donors (Lipinski definition) is 1. The first-order valence-corrected chi connectivity index (χ1v) is 4.31. The fourth-order valence-electron chi connectivity index (χ4n) is 0.781. The van der Waals surface area contributed by atoms with Gasteiger partial charge in [-0.25, -0.2) is 0 Å². The maximum atomic E-state index is 12.5. The molecule has 0 amide bonds. The van der Waals surface area contributed by atoms with Crippen LogP contribution in [0.15, 0.2) is 17.5 Å². The molecule has 1 nitrogen and oxygen atoms in total. The number of hydrogen-bond acceptors (Lipinski definition) is 2. The van der Waals surface area contributed by atoms with Crippen LogP contribution in [-0.4, -0.2) is 17.2 Å². The van der Waals surface area contributed by atoms with Gasteiger partial charge in [-0.05, 0) is 11.4 Å². The Labute approximate surface area is 79.8 Å². The van der Waals surface area contributed by atoms with Crippen molar-refractivity contribution in [2.24, 2.45) is 0 Å². The average molecular weight is 232 g/mol. The van der Waals surface area contributed by atoms with E-state index in [1.54, 1.807) is 0 Å². The van der Waals surface area contributed by atoms with Crippen molar-refractivity contribution in [2.75, 3.05) is 0 Å². The summed E-state index contributed by atoms with van der Waals surface area (Å²) in [7, 11) is 0. The van der Waals surface area contributed by atoms with E-state index in [0.29, 0.717) is 11.3 Å². The van der Waals surface area contributed by atoms with E-state index < -0.39 is 23.1 Å². The van der Waals surface area contributed by atoms with Gasteiger partial charge in [0.2, 0.25) is 0 Å². The van der Waals surface area contributed by atoms with E-state index in [0.717, 1.165) is 6.07 Å². The van der Waals surface area contributed by atoms with Gasteiger partial charge in [0.05, 0.1) is 0 Å². The molecule has 0 aliphatic carbocycles. The van der Waals surface area contributed by atoms with Gasteiger partial charge < -0.3 is 5.11 Å². The Morgan fingerprint density at radius 3 is 2.14 bits per heavy atom. The van der Waals surface area contributed by atoms with Crippen LogP contribution in [0.4, 0.5) is 22.0 Å². The lowest BCUT2D eigenvalue weighted by Crippen LogP contribution is -2.41. The number of aliphatic hydroxyl groups is 1.